The fourth-order valence-electron chi connectivity index (χ4n) is 1.54. The number of aryl methyl sites for hydroxylation is 1. The van der Waals surface area contributed by atoms with Gasteiger partial charge in [-0.15, -0.1) is 0 Å². The third kappa shape index (κ3) is 3.77. The lowest BCUT2D eigenvalue weighted by Gasteiger charge is -2.19. The molecule has 1 aromatic rings. The molecule has 108 valence electrons. The monoisotopic (exact) mass is 289 g/mol. The lowest BCUT2D eigenvalue weighted by atomic mass is 10.0. The maximum Gasteiger partial charge on any atom is 0.322 e. The van der Waals surface area contributed by atoms with Crippen LogP contribution in [0, 0.1) is 5.92 Å². The van der Waals surface area contributed by atoms with Gasteiger partial charge in [-0.1, -0.05) is 27.2 Å². The van der Waals surface area contributed by atoms with Crippen molar-refractivity contribution in [2.24, 2.45) is 5.92 Å². The number of aliphatic carboxylic acids is 1. The Morgan fingerprint density at radius 1 is 1.53 bits per heavy atom. The van der Waals surface area contributed by atoms with Crippen molar-refractivity contribution in [1.82, 2.24) is 14.7 Å². The third-order valence-corrected chi connectivity index (χ3v) is 4.34. The van der Waals surface area contributed by atoms with Gasteiger partial charge in [0.25, 0.3) is 10.0 Å². The molecule has 1 rings (SSSR count). The van der Waals surface area contributed by atoms with Gasteiger partial charge >= 0.3 is 5.97 Å². The van der Waals surface area contributed by atoms with Crippen LogP contribution in [0.4, 0.5) is 0 Å². The fourth-order valence-corrected chi connectivity index (χ4v) is 2.77. The van der Waals surface area contributed by atoms with Crippen molar-refractivity contribution in [2.45, 2.75) is 44.7 Å². The molecule has 8 heteroatoms. The van der Waals surface area contributed by atoms with Crippen molar-refractivity contribution in [3.8, 4) is 0 Å². The van der Waals surface area contributed by atoms with Crippen molar-refractivity contribution >= 4 is 16.0 Å². The zero-order valence-electron chi connectivity index (χ0n) is 11.2. The molecule has 1 unspecified atom stereocenters. The first kappa shape index (κ1) is 15.6. The van der Waals surface area contributed by atoms with Gasteiger partial charge in [-0.05, 0) is 5.92 Å². The minimum Gasteiger partial charge on any atom is -0.480 e. The molecule has 0 saturated carbocycles. The summed E-state index contributed by atoms with van der Waals surface area (Å²) in [6.45, 7) is 5.33. The molecule has 1 heterocycles. The van der Waals surface area contributed by atoms with Crippen LogP contribution >= 0.6 is 0 Å². The maximum atomic E-state index is 12.1. The summed E-state index contributed by atoms with van der Waals surface area (Å²) in [5.41, 5.74) is 0. The van der Waals surface area contributed by atoms with Crippen LogP contribution in [0.15, 0.2) is 11.2 Å². The second-order valence-electron chi connectivity index (χ2n) is 4.37. The number of rotatable bonds is 7. The van der Waals surface area contributed by atoms with Gasteiger partial charge in [-0.3, -0.25) is 4.79 Å². The van der Waals surface area contributed by atoms with E-state index in [-0.39, 0.29) is 10.9 Å². The number of sulfonamides is 1. The number of nitrogens with zero attached hydrogens (tertiary/aromatic N) is 1. The number of carboxylic acids is 1. The van der Waals surface area contributed by atoms with Crippen molar-refractivity contribution < 1.29 is 18.3 Å². The van der Waals surface area contributed by atoms with Gasteiger partial charge < -0.3 is 10.1 Å². The molecule has 0 aliphatic rings. The predicted molar refractivity (Wildman–Crippen MR) is 69.2 cm³/mol. The van der Waals surface area contributed by atoms with E-state index in [1.807, 2.05) is 6.92 Å². The molecule has 0 radical (unpaired) electrons. The highest BCUT2D eigenvalue weighted by Crippen LogP contribution is 2.13. The van der Waals surface area contributed by atoms with E-state index in [0.29, 0.717) is 18.7 Å². The average Bonchev–Trinajstić information content (AvgIpc) is 2.84. The first-order valence-corrected chi connectivity index (χ1v) is 7.59. The zero-order chi connectivity index (χ0) is 14.6. The Morgan fingerprint density at radius 3 is 2.58 bits per heavy atom. The first-order chi connectivity index (χ1) is 8.81. The maximum absolute atomic E-state index is 12.1. The summed E-state index contributed by atoms with van der Waals surface area (Å²) in [5.74, 6) is -0.954. The number of aromatic amines is 1. The first-order valence-electron chi connectivity index (χ1n) is 6.10. The molecule has 0 bridgehead atoms. The Labute approximate surface area is 112 Å². The topological polar surface area (TPSA) is 112 Å². The lowest BCUT2D eigenvalue weighted by molar-refractivity contribution is -0.140. The van der Waals surface area contributed by atoms with Gasteiger partial charge in [-0.2, -0.15) is 4.72 Å². The zero-order valence-corrected chi connectivity index (χ0v) is 12.0. The Morgan fingerprint density at radius 2 is 2.16 bits per heavy atom. The Kier molecular flexibility index (Phi) is 5.07. The lowest BCUT2D eigenvalue weighted by Crippen LogP contribution is -2.45. The number of nitrogens with one attached hydrogen (secondary N) is 2. The van der Waals surface area contributed by atoms with Gasteiger partial charge in [0.15, 0.2) is 5.03 Å². The van der Waals surface area contributed by atoms with Crippen LogP contribution in [-0.4, -0.2) is 35.5 Å². The van der Waals surface area contributed by atoms with Crippen LogP contribution in [0.5, 0.6) is 0 Å². The summed E-state index contributed by atoms with van der Waals surface area (Å²) in [6.07, 6.45) is 2.32. The van der Waals surface area contributed by atoms with Gasteiger partial charge in [0.05, 0.1) is 6.20 Å². The largest absolute Gasteiger partial charge is 0.480 e. The smallest absolute Gasteiger partial charge is 0.322 e. The van der Waals surface area contributed by atoms with Gasteiger partial charge in [-0.25, -0.2) is 13.4 Å². The summed E-state index contributed by atoms with van der Waals surface area (Å²) >= 11 is 0. The van der Waals surface area contributed by atoms with E-state index in [1.54, 1.807) is 13.8 Å². The van der Waals surface area contributed by atoms with Crippen molar-refractivity contribution in [2.75, 3.05) is 0 Å². The van der Waals surface area contributed by atoms with Crippen LogP contribution in [0.25, 0.3) is 0 Å². The van der Waals surface area contributed by atoms with E-state index in [0.717, 1.165) is 0 Å². The van der Waals surface area contributed by atoms with Crippen LogP contribution in [0.1, 0.15) is 33.0 Å². The van der Waals surface area contributed by atoms with E-state index in [1.165, 1.54) is 6.20 Å². The molecule has 0 fully saturated rings. The molecule has 1 aromatic heterocycles. The Hall–Kier alpha value is -1.41. The SMILES string of the molecule is CCc1ncc(S(=O)(=O)N[C@H](C(=O)O)C(C)CC)[nH]1. The predicted octanol–water partition coefficient (Wildman–Crippen LogP) is 0.750. The Balaban J connectivity index is 2.97. The van der Waals surface area contributed by atoms with E-state index in [9.17, 15) is 13.2 Å². The molecule has 0 spiro atoms. The average molecular weight is 289 g/mol. The Bertz CT molecular complexity index is 538. The van der Waals surface area contributed by atoms with E-state index >= 15 is 0 Å². The standard InChI is InChI=1S/C11H19N3O4S/c1-4-7(3)10(11(15)16)14-19(17,18)9-6-12-8(5-2)13-9/h6-7,10,14H,4-5H2,1-3H3,(H,12,13)(H,15,16)/t7?,10-/m0/s1. The number of aromatic nitrogens is 2. The van der Waals surface area contributed by atoms with Crippen LogP contribution in [0.3, 0.4) is 0 Å². The fraction of sp³-hybridized carbons (Fsp3) is 0.636. The molecule has 7 nitrogen and oxygen atoms in total. The van der Waals surface area contributed by atoms with Crippen LogP contribution in [-0.2, 0) is 21.2 Å². The molecule has 3 N–H and O–H groups in total. The molecular weight excluding hydrogens is 270 g/mol. The molecule has 0 amide bonds. The summed E-state index contributed by atoms with van der Waals surface area (Å²) in [7, 11) is -3.90. The number of hydrogen-bond acceptors (Lipinski definition) is 4. The number of H-pyrrole nitrogens is 1. The second kappa shape index (κ2) is 6.16. The minimum atomic E-state index is -3.90. The van der Waals surface area contributed by atoms with Crippen molar-refractivity contribution in [3.63, 3.8) is 0 Å². The summed E-state index contributed by atoms with van der Waals surface area (Å²) in [4.78, 5) is 17.7. The highest BCUT2D eigenvalue weighted by atomic mass is 32.2. The highest BCUT2D eigenvalue weighted by molar-refractivity contribution is 7.89. The summed E-state index contributed by atoms with van der Waals surface area (Å²) in [6, 6.07) is -1.15. The summed E-state index contributed by atoms with van der Waals surface area (Å²) < 4.78 is 26.3. The third-order valence-electron chi connectivity index (χ3n) is 2.99. The van der Waals surface area contributed by atoms with Gasteiger partial charge in [0, 0.05) is 6.42 Å². The molecule has 0 aliphatic carbocycles. The highest BCUT2D eigenvalue weighted by Gasteiger charge is 2.30. The molecule has 2 atom stereocenters. The van der Waals surface area contributed by atoms with Gasteiger partial charge in [0.1, 0.15) is 11.9 Å². The van der Waals surface area contributed by atoms with E-state index < -0.39 is 22.0 Å². The molecule has 0 aliphatic heterocycles. The molecule has 0 aromatic carbocycles. The minimum absolute atomic E-state index is 0.112. The van der Waals surface area contributed by atoms with E-state index in [4.69, 9.17) is 5.11 Å². The molecule has 19 heavy (non-hydrogen) atoms. The van der Waals surface area contributed by atoms with Crippen LogP contribution < -0.4 is 4.72 Å². The normalized spacial score (nSPS) is 15.1. The van der Waals surface area contributed by atoms with Crippen molar-refractivity contribution in [1.29, 1.82) is 0 Å². The molecular formula is C11H19N3O4S. The van der Waals surface area contributed by atoms with Gasteiger partial charge in [0.2, 0.25) is 0 Å². The van der Waals surface area contributed by atoms with Crippen LogP contribution in [0.2, 0.25) is 0 Å². The number of imidazole rings is 1. The summed E-state index contributed by atoms with van der Waals surface area (Å²) in [5, 5.41) is 8.97. The second-order valence-corrected chi connectivity index (χ2v) is 6.05. The van der Waals surface area contributed by atoms with E-state index in [2.05, 4.69) is 14.7 Å². The van der Waals surface area contributed by atoms with Crippen molar-refractivity contribution in [3.05, 3.63) is 12.0 Å². The quantitative estimate of drug-likeness (QED) is 0.685. The number of carbonyl (C=O) groups is 1. The number of hydrogen-bond donors (Lipinski definition) is 3. The molecule has 0 saturated heterocycles. The number of carboxylic acid groups (broad SMARTS) is 1.